The van der Waals surface area contributed by atoms with Gasteiger partial charge in [-0.15, -0.1) is 0 Å². The van der Waals surface area contributed by atoms with E-state index in [0.29, 0.717) is 19.4 Å². The normalized spacial score (nSPS) is 15.1. The zero-order valence-corrected chi connectivity index (χ0v) is 22.6. The minimum Gasteiger partial charge on any atom is -0.426 e. The molecule has 1 atom stereocenters. The van der Waals surface area contributed by atoms with Gasteiger partial charge in [-0.25, -0.2) is 0 Å². The first-order valence-electron chi connectivity index (χ1n) is 12.0. The van der Waals surface area contributed by atoms with Crippen LogP contribution in [-0.2, 0) is 43.1 Å². The first-order valence-corrected chi connectivity index (χ1v) is 12.0. The Morgan fingerprint density at radius 2 is 1.69 bits per heavy atom. The van der Waals surface area contributed by atoms with Gasteiger partial charge < -0.3 is 20.3 Å². The molecule has 35 heavy (non-hydrogen) atoms. The number of carbonyl (C=O) groups excluding carboxylic acids is 2. The van der Waals surface area contributed by atoms with Gasteiger partial charge in [-0.05, 0) is 56.5 Å². The SMILES string of the molecule is O=C(CCCCCN(Cc1ccccn1)Cc1ccccn1)NCC(=O)N1CCCC1B(O)O.[Re]. The maximum Gasteiger partial charge on any atom is 0.475 e. The second-order valence-electron chi connectivity index (χ2n) is 8.65. The summed E-state index contributed by atoms with van der Waals surface area (Å²) in [7, 11) is -1.54. The number of nitrogens with zero attached hydrogens (tertiary/aromatic N) is 4. The van der Waals surface area contributed by atoms with Crippen molar-refractivity contribution in [2.45, 2.75) is 57.6 Å². The van der Waals surface area contributed by atoms with E-state index in [-0.39, 0.29) is 38.8 Å². The Kier molecular flexibility index (Phi) is 13.1. The number of rotatable bonds is 13. The number of pyridine rings is 2. The summed E-state index contributed by atoms with van der Waals surface area (Å²) in [6.07, 6.45) is 7.83. The van der Waals surface area contributed by atoms with E-state index in [1.165, 1.54) is 4.90 Å². The number of carbonyl (C=O) groups is 2. The largest absolute Gasteiger partial charge is 0.475 e. The third-order valence-corrected chi connectivity index (χ3v) is 6.00. The zero-order chi connectivity index (χ0) is 24.2. The third kappa shape index (κ3) is 10.2. The van der Waals surface area contributed by atoms with Crippen LogP contribution < -0.4 is 5.32 Å². The molecular weight excluding hydrogens is 619 g/mol. The molecule has 1 aliphatic heterocycles. The molecule has 3 heterocycles. The maximum absolute atomic E-state index is 12.3. The molecule has 189 valence electrons. The number of amides is 2. The van der Waals surface area contributed by atoms with E-state index in [1.54, 1.807) is 12.4 Å². The van der Waals surface area contributed by atoms with E-state index in [0.717, 1.165) is 56.7 Å². The average molecular weight is 654 g/mol. The number of unbranched alkanes of at least 4 members (excludes halogenated alkanes) is 2. The molecule has 0 aromatic carbocycles. The molecule has 0 bridgehead atoms. The van der Waals surface area contributed by atoms with Crippen LogP contribution in [0.25, 0.3) is 0 Å². The Hall–Kier alpha value is -2.15. The molecule has 0 saturated carbocycles. The summed E-state index contributed by atoms with van der Waals surface area (Å²) in [6.45, 7) is 2.72. The van der Waals surface area contributed by atoms with Gasteiger partial charge in [0, 0.05) is 58.9 Å². The molecule has 0 spiro atoms. The molecule has 1 saturated heterocycles. The summed E-state index contributed by atoms with van der Waals surface area (Å²) in [5.74, 6) is -1.01. The van der Waals surface area contributed by atoms with E-state index in [4.69, 9.17) is 0 Å². The minimum atomic E-state index is -1.54. The van der Waals surface area contributed by atoms with Crippen LogP contribution in [0, 0.1) is 0 Å². The van der Waals surface area contributed by atoms with Crippen molar-refractivity contribution >= 4 is 18.9 Å². The first-order chi connectivity index (χ1) is 16.5. The van der Waals surface area contributed by atoms with E-state index in [1.807, 2.05) is 36.4 Å². The fourth-order valence-electron chi connectivity index (χ4n) is 4.23. The van der Waals surface area contributed by atoms with Crippen LogP contribution in [0.1, 0.15) is 49.9 Å². The topological polar surface area (TPSA) is 119 Å². The van der Waals surface area contributed by atoms with Crippen molar-refractivity contribution in [3.8, 4) is 0 Å². The predicted octanol–water partition coefficient (Wildman–Crippen LogP) is 1.16. The first kappa shape index (κ1) is 29.1. The van der Waals surface area contributed by atoms with Crippen molar-refractivity contribution in [3.05, 3.63) is 60.2 Å². The number of hydrogen-bond acceptors (Lipinski definition) is 7. The minimum absolute atomic E-state index is 0. The molecule has 2 amide bonds. The molecule has 1 unspecified atom stereocenters. The smallest absolute Gasteiger partial charge is 0.426 e. The number of hydrogen-bond donors (Lipinski definition) is 3. The Bertz CT molecular complexity index is 852. The quantitative estimate of drug-likeness (QED) is 0.220. The second-order valence-corrected chi connectivity index (χ2v) is 8.65. The second kappa shape index (κ2) is 15.8. The number of nitrogens with one attached hydrogen (secondary N) is 1. The van der Waals surface area contributed by atoms with Crippen LogP contribution in [0.4, 0.5) is 0 Å². The van der Waals surface area contributed by atoms with Crippen LogP contribution in [0.5, 0.6) is 0 Å². The summed E-state index contributed by atoms with van der Waals surface area (Å²) in [6, 6.07) is 11.8. The van der Waals surface area contributed by atoms with Crippen LogP contribution in [0.2, 0.25) is 0 Å². The predicted molar refractivity (Wildman–Crippen MR) is 129 cm³/mol. The molecule has 3 N–H and O–H groups in total. The average Bonchev–Trinajstić information content (AvgIpc) is 3.34. The maximum atomic E-state index is 12.3. The van der Waals surface area contributed by atoms with Crippen molar-refractivity contribution < 1.29 is 40.1 Å². The molecule has 3 rings (SSSR count). The monoisotopic (exact) mass is 654 g/mol. The summed E-state index contributed by atoms with van der Waals surface area (Å²) in [5, 5.41) is 21.4. The Labute approximate surface area is 221 Å². The van der Waals surface area contributed by atoms with Gasteiger partial charge >= 0.3 is 7.12 Å². The molecule has 11 heteroatoms. The van der Waals surface area contributed by atoms with Crippen LogP contribution >= 0.6 is 0 Å². The molecule has 9 nitrogen and oxygen atoms in total. The van der Waals surface area contributed by atoms with Crippen molar-refractivity contribution in [2.75, 3.05) is 19.6 Å². The summed E-state index contributed by atoms with van der Waals surface area (Å²) in [4.78, 5) is 37.1. The van der Waals surface area contributed by atoms with Crippen molar-refractivity contribution in [2.24, 2.45) is 0 Å². The Morgan fingerprint density at radius 1 is 1.03 bits per heavy atom. The molecule has 0 aliphatic carbocycles. The van der Waals surface area contributed by atoms with Crippen LogP contribution in [0.15, 0.2) is 48.8 Å². The Balaban J connectivity index is 0.00000432. The fourth-order valence-corrected chi connectivity index (χ4v) is 4.23. The molecule has 1 radical (unpaired) electrons. The van der Waals surface area contributed by atoms with E-state index < -0.39 is 13.1 Å². The van der Waals surface area contributed by atoms with Gasteiger partial charge in [-0.3, -0.25) is 24.5 Å². The molecule has 1 fully saturated rings. The van der Waals surface area contributed by atoms with E-state index in [2.05, 4.69) is 20.2 Å². The van der Waals surface area contributed by atoms with E-state index >= 15 is 0 Å². The van der Waals surface area contributed by atoms with Gasteiger partial charge in [-0.2, -0.15) is 0 Å². The van der Waals surface area contributed by atoms with Crippen molar-refractivity contribution in [1.82, 2.24) is 25.1 Å². The molecular formula is C24H34BN5O4Re. The van der Waals surface area contributed by atoms with Gasteiger partial charge in [0.2, 0.25) is 11.8 Å². The van der Waals surface area contributed by atoms with Gasteiger partial charge in [0.1, 0.15) is 0 Å². The molecule has 2 aromatic rings. The van der Waals surface area contributed by atoms with Crippen LogP contribution in [0.3, 0.4) is 0 Å². The van der Waals surface area contributed by atoms with Crippen molar-refractivity contribution in [3.63, 3.8) is 0 Å². The van der Waals surface area contributed by atoms with E-state index in [9.17, 15) is 19.6 Å². The number of aromatic nitrogens is 2. The van der Waals surface area contributed by atoms with Crippen molar-refractivity contribution in [1.29, 1.82) is 0 Å². The Morgan fingerprint density at radius 3 is 2.26 bits per heavy atom. The van der Waals surface area contributed by atoms with Gasteiger partial charge in [0.25, 0.3) is 0 Å². The van der Waals surface area contributed by atoms with Gasteiger partial charge in [0.15, 0.2) is 0 Å². The number of likely N-dealkylation sites (tertiary alicyclic amines) is 1. The molecule has 1 aliphatic rings. The van der Waals surface area contributed by atoms with Crippen LogP contribution in [-0.4, -0.2) is 74.3 Å². The zero-order valence-electron chi connectivity index (χ0n) is 19.9. The standard InChI is InChI=1S/C24H34BN5O4.Re/c31-23(28-17-24(32)30-16-8-11-22(30)25(33)34)12-2-1-7-15-29(18-20-9-3-5-13-26-20)19-21-10-4-6-14-27-21;/h3-6,9-10,13-14,22,33-34H,1-2,7-8,11-12,15-19H2,(H,28,31);. The summed E-state index contributed by atoms with van der Waals surface area (Å²) < 4.78 is 0. The van der Waals surface area contributed by atoms with Gasteiger partial charge in [0.05, 0.1) is 23.9 Å². The molecule has 2 aromatic heterocycles. The fraction of sp³-hybridized carbons (Fsp3) is 0.500. The van der Waals surface area contributed by atoms with Gasteiger partial charge in [-0.1, -0.05) is 18.6 Å². The third-order valence-electron chi connectivity index (χ3n) is 6.00. The summed E-state index contributed by atoms with van der Waals surface area (Å²) >= 11 is 0. The summed E-state index contributed by atoms with van der Waals surface area (Å²) in [5.41, 5.74) is 2.02.